The first-order valence-electron chi connectivity index (χ1n) is 21.1. The maximum absolute atomic E-state index is 6.80. The molecule has 5 nitrogen and oxygen atoms in total. The molecule has 9 aromatic carbocycles. The normalized spacial score (nSPS) is 11.8. The first-order chi connectivity index (χ1) is 31.2. The number of furan rings is 1. The number of para-hydroxylation sites is 5. The quantitative estimate of drug-likeness (QED) is 0.168. The molecule has 0 spiro atoms. The van der Waals surface area contributed by atoms with Crippen LogP contribution in [0.4, 0.5) is 0 Å². The van der Waals surface area contributed by atoms with Gasteiger partial charge in [-0.1, -0.05) is 164 Å². The van der Waals surface area contributed by atoms with Crippen molar-refractivity contribution in [1.29, 1.82) is 0 Å². The largest absolute Gasteiger partial charge is 0.455 e. The first-order valence-corrected chi connectivity index (χ1v) is 21.9. The second-order valence-electron chi connectivity index (χ2n) is 15.9. The Hall–Kier alpha value is -8.19. The van der Waals surface area contributed by atoms with Crippen LogP contribution in [0.3, 0.4) is 0 Å². The molecule has 4 heterocycles. The fraction of sp³-hybridized carbons (Fsp3) is 0. The van der Waals surface area contributed by atoms with Crippen molar-refractivity contribution in [2.24, 2.45) is 0 Å². The number of hydrogen-bond donors (Lipinski definition) is 0. The molecule has 0 radical (unpaired) electrons. The monoisotopic (exact) mass is 822 g/mol. The van der Waals surface area contributed by atoms with E-state index < -0.39 is 0 Å². The molecule has 0 bridgehead atoms. The highest BCUT2D eigenvalue weighted by atomic mass is 32.1. The molecule has 6 heteroatoms. The number of thiophene rings is 1. The maximum Gasteiger partial charge on any atom is 0.166 e. The zero-order chi connectivity index (χ0) is 41.4. The van der Waals surface area contributed by atoms with E-state index in [1.54, 1.807) is 11.3 Å². The molecule has 0 aliphatic carbocycles. The van der Waals surface area contributed by atoms with Crippen LogP contribution in [0.2, 0.25) is 0 Å². The van der Waals surface area contributed by atoms with E-state index in [2.05, 4.69) is 187 Å². The molecule has 0 N–H and O–H groups in total. The molecule has 0 saturated heterocycles. The van der Waals surface area contributed by atoms with Gasteiger partial charge in [-0.15, -0.1) is 11.3 Å². The molecule has 13 aromatic rings. The summed E-state index contributed by atoms with van der Waals surface area (Å²) in [4.78, 5) is 15.7. The van der Waals surface area contributed by atoms with Crippen LogP contribution in [0.15, 0.2) is 211 Å². The van der Waals surface area contributed by atoms with Gasteiger partial charge < -0.3 is 8.98 Å². The van der Waals surface area contributed by atoms with E-state index in [9.17, 15) is 0 Å². The van der Waals surface area contributed by atoms with Crippen molar-refractivity contribution in [2.45, 2.75) is 0 Å². The lowest BCUT2D eigenvalue weighted by atomic mass is 9.99. The zero-order valence-electron chi connectivity index (χ0n) is 33.7. The fourth-order valence-electron chi connectivity index (χ4n) is 9.36. The molecular formula is C57H34N4OS. The number of aromatic nitrogens is 4. The topological polar surface area (TPSA) is 56.7 Å². The number of hydrogen-bond acceptors (Lipinski definition) is 5. The molecule has 0 atom stereocenters. The summed E-state index contributed by atoms with van der Waals surface area (Å²) in [5.41, 5.74) is 12.3. The predicted molar refractivity (Wildman–Crippen MR) is 262 cm³/mol. The van der Waals surface area contributed by atoms with Gasteiger partial charge in [-0.05, 0) is 53.6 Å². The summed E-state index contributed by atoms with van der Waals surface area (Å²) in [6.07, 6.45) is 0. The van der Waals surface area contributed by atoms with Crippen molar-refractivity contribution in [1.82, 2.24) is 19.5 Å². The lowest BCUT2D eigenvalue weighted by molar-refractivity contribution is 0.671. The summed E-state index contributed by atoms with van der Waals surface area (Å²) in [7, 11) is 0. The minimum absolute atomic E-state index is 0.626. The summed E-state index contributed by atoms with van der Waals surface area (Å²) >= 11 is 1.79. The molecule has 4 aromatic heterocycles. The molecule has 0 aliphatic rings. The predicted octanol–water partition coefficient (Wildman–Crippen LogP) is 15.6. The first kappa shape index (κ1) is 35.6. The Bertz CT molecular complexity index is 3910. The molecule has 13 rings (SSSR count). The molecule has 0 saturated carbocycles. The molecule has 63 heavy (non-hydrogen) atoms. The second kappa shape index (κ2) is 14.2. The van der Waals surface area contributed by atoms with Gasteiger partial charge in [-0.25, -0.2) is 15.0 Å². The smallest absolute Gasteiger partial charge is 0.166 e. The van der Waals surface area contributed by atoms with Gasteiger partial charge in [0.2, 0.25) is 0 Å². The summed E-state index contributed by atoms with van der Waals surface area (Å²) < 4.78 is 11.5. The SMILES string of the molecule is c1ccc(-c2nc(-c3ccc4c(c3)sc3ccc(-c5cccc6c5oc5c(-c7ccccc7)cccc56)cc34)nc(-c3cccc4c5ccccc5n(-c5ccccc5)c34)n2)cc1. The van der Waals surface area contributed by atoms with Crippen LogP contribution in [0, 0.1) is 0 Å². The Morgan fingerprint density at radius 2 is 0.921 bits per heavy atom. The van der Waals surface area contributed by atoms with E-state index >= 15 is 0 Å². The number of benzene rings is 9. The van der Waals surface area contributed by atoms with Crippen LogP contribution >= 0.6 is 11.3 Å². The summed E-state index contributed by atoms with van der Waals surface area (Å²) in [5, 5.41) is 6.96. The Morgan fingerprint density at radius 3 is 1.67 bits per heavy atom. The van der Waals surface area contributed by atoms with Gasteiger partial charge in [0, 0.05) is 75.2 Å². The zero-order valence-corrected chi connectivity index (χ0v) is 34.6. The van der Waals surface area contributed by atoms with Crippen LogP contribution in [-0.2, 0) is 0 Å². The Kier molecular flexibility index (Phi) is 8.01. The fourth-order valence-corrected chi connectivity index (χ4v) is 10.5. The lowest BCUT2D eigenvalue weighted by Gasteiger charge is -2.12. The molecule has 0 amide bonds. The van der Waals surface area contributed by atoms with Crippen molar-refractivity contribution in [3.8, 4) is 62.1 Å². The lowest BCUT2D eigenvalue weighted by Crippen LogP contribution is -2.02. The van der Waals surface area contributed by atoms with Crippen LogP contribution < -0.4 is 0 Å². The molecule has 294 valence electrons. The van der Waals surface area contributed by atoms with Crippen molar-refractivity contribution in [2.75, 3.05) is 0 Å². The Labute approximate surface area is 365 Å². The van der Waals surface area contributed by atoms with Gasteiger partial charge in [0.15, 0.2) is 17.5 Å². The minimum atomic E-state index is 0.626. The van der Waals surface area contributed by atoms with Gasteiger partial charge in [0.25, 0.3) is 0 Å². The molecule has 0 aliphatic heterocycles. The average molecular weight is 823 g/mol. The average Bonchev–Trinajstić information content (AvgIpc) is 4.04. The molecule has 0 fully saturated rings. The third-order valence-electron chi connectivity index (χ3n) is 12.3. The maximum atomic E-state index is 6.80. The highest BCUT2D eigenvalue weighted by Crippen LogP contribution is 2.43. The highest BCUT2D eigenvalue weighted by Gasteiger charge is 2.21. The second-order valence-corrected chi connectivity index (χ2v) is 17.0. The van der Waals surface area contributed by atoms with E-state index in [4.69, 9.17) is 19.4 Å². The van der Waals surface area contributed by atoms with E-state index in [0.717, 1.165) is 83.0 Å². The van der Waals surface area contributed by atoms with Gasteiger partial charge in [0.05, 0.1) is 11.0 Å². The van der Waals surface area contributed by atoms with Gasteiger partial charge in [-0.3, -0.25) is 0 Å². The molecular weight excluding hydrogens is 789 g/mol. The summed E-state index contributed by atoms with van der Waals surface area (Å²) in [6.45, 7) is 0. The minimum Gasteiger partial charge on any atom is -0.455 e. The Morgan fingerprint density at radius 1 is 0.349 bits per heavy atom. The van der Waals surface area contributed by atoms with Crippen LogP contribution in [0.5, 0.6) is 0 Å². The van der Waals surface area contributed by atoms with E-state index in [1.165, 1.54) is 25.6 Å². The van der Waals surface area contributed by atoms with E-state index in [-0.39, 0.29) is 0 Å². The number of fused-ring (bicyclic) bond motifs is 9. The molecule has 0 unspecified atom stereocenters. The van der Waals surface area contributed by atoms with Gasteiger partial charge in [0.1, 0.15) is 11.2 Å². The number of rotatable bonds is 6. The number of nitrogens with zero attached hydrogens (tertiary/aromatic N) is 4. The van der Waals surface area contributed by atoms with E-state index in [1.807, 2.05) is 24.3 Å². The third-order valence-corrected chi connectivity index (χ3v) is 13.4. The van der Waals surface area contributed by atoms with E-state index in [0.29, 0.717) is 17.5 Å². The van der Waals surface area contributed by atoms with Crippen molar-refractivity contribution in [3.63, 3.8) is 0 Å². The van der Waals surface area contributed by atoms with Crippen molar-refractivity contribution in [3.05, 3.63) is 206 Å². The third kappa shape index (κ3) is 5.73. The van der Waals surface area contributed by atoms with Crippen LogP contribution in [-0.4, -0.2) is 19.5 Å². The van der Waals surface area contributed by atoms with Crippen molar-refractivity contribution >= 4 is 75.3 Å². The standard InChI is InChI=1S/C57H34N4OS/c1-4-15-35(16-5-1)40-22-12-25-45-46-26-13-23-41(54(46)62-53(40)45)37-30-32-50-48(33-37)43-31-29-38(34-51(43)63-50)56-58-55(36-17-6-2-7-18-36)59-57(60-56)47-27-14-24-44-42-21-10-11-28-49(42)61(52(44)47)39-19-8-3-9-20-39/h1-34H. The van der Waals surface area contributed by atoms with Crippen LogP contribution in [0.1, 0.15) is 0 Å². The summed E-state index contributed by atoms with van der Waals surface area (Å²) in [6, 6.07) is 72.5. The van der Waals surface area contributed by atoms with Gasteiger partial charge >= 0.3 is 0 Å². The highest BCUT2D eigenvalue weighted by molar-refractivity contribution is 7.25. The van der Waals surface area contributed by atoms with Crippen LogP contribution in [0.25, 0.3) is 126 Å². The van der Waals surface area contributed by atoms with Crippen molar-refractivity contribution < 1.29 is 4.42 Å². The summed E-state index contributed by atoms with van der Waals surface area (Å²) in [5.74, 6) is 1.89. The van der Waals surface area contributed by atoms with Gasteiger partial charge in [-0.2, -0.15) is 0 Å². The Balaban J connectivity index is 0.958.